The van der Waals surface area contributed by atoms with Crippen molar-refractivity contribution in [2.75, 3.05) is 6.54 Å². The first-order valence-electron chi connectivity index (χ1n) is 6.76. The summed E-state index contributed by atoms with van der Waals surface area (Å²) in [5.74, 6) is 0.674. The van der Waals surface area contributed by atoms with Gasteiger partial charge in [0.1, 0.15) is 0 Å². The maximum atomic E-state index is 4.51. The van der Waals surface area contributed by atoms with E-state index in [4.69, 9.17) is 0 Å². The van der Waals surface area contributed by atoms with E-state index in [1.165, 1.54) is 9.88 Å². The minimum atomic E-state index is 0.168. The largest absolute Gasteiger partial charge is 0.312 e. The Bertz CT molecular complexity index is 369. The third kappa shape index (κ3) is 4.69. The molecule has 0 spiro atoms. The molecule has 1 aromatic rings. The van der Waals surface area contributed by atoms with Gasteiger partial charge in [0.05, 0.1) is 5.01 Å². The van der Waals surface area contributed by atoms with Crippen LogP contribution in [-0.2, 0) is 12.0 Å². The number of rotatable bonds is 4. The summed E-state index contributed by atoms with van der Waals surface area (Å²) >= 11 is 1.83. The molecule has 0 saturated carbocycles. The standard InChI is InChI=1S/C15H28N2S/c1-11(14(2,3)4)8-16-9-12-10-17-13(18-12)15(5,6)7/h10-11,16H,8-9H2,1-7H3. The van der Waals surface area contributed by atoms with Crippen LogP contribution in [0.25, 0.3) is 0 Å². The third-order valence-electron chi connectivity index (χ3n) is 3.42. The molecule has 0 aliphatic carbocycles. The van der Waals surface area contributed by atoms with Crippen molar-refractivity contribution in [3.05, 3.63) is 16.1 Å². The van der Waals surface area contributed by atoms with Crippen LogP contribution >= 0.6 is 11.3 Å². The van der Waals surface area contributed by atoms with Crippen LogP contribution < -0.4 is 5.32 Å². The van der Waals surface area contributed by atoms with Crippen molar-refractivity contribution in [2.45, 2.75) is 60.4 Å². The SMILES string of the molecule is CC(CNCc1cnc(C(C)(C)C)s1)C(C)(C)C. The molecule has 1 unspecified atom stereocenters. The van der Waals surface area contributed by atoms with Crippen molar-refractivity contribution in [3.8, 4) is 0 Å². The van der Waals surface area contributed by atoms with Crippen LogP contribution in [0.4, 0.5) is 0 Å². The van der Waals surface area contributed by atoms with Crippen molar-refractivity contribution in [1.29, 1.82) is 0 Å². The van der Waals surface area contributed by atoms with Gasteiger partial charge in [-0.25, -0.2) is 4.98 Å². The first-order chi connectivity index (χ1) is 8.10. The van der Waals surface area contributed by atoms with Crippen molar-refractivity contribution in [3.63, 3.8) is 0 Å². The molecule has 0 amide bonds. The summed E-state index contributed by atoms with van der Waals surface area (Å²) in [7, 11) is 0. The fourth-order valence-corrected chi connectivity index (χ4v) is 2.39. The Morgan fingerprint density at radius 2 is 1.83 bits per heavy atom. The number of nitrogens with zero attached hydrogens (tertiary/aromatic N) is 1. The summed E-state index contributed by atoms with van der Waals surface area (Å²) in [5.41, 5.74) is 0.541. The van der Waals surface area contributed by atoms with E-state index >= 15 is 0 Å². The Labute approximate surface area is 116 Å². The molecule has 1 heterocycles. The molecule has 1 atom stereocenters. The van der Waals surface area contributed by atoms with Gasteiger partial charge in [-0.1, -0.05) is 48.5 Å². The van der Waals surface area contributed by atoms with Crippen LogP contribution in [0, 0.1) is 11.3 Å². The number of hydrogen-bond acceptors (Lipinski definition) is 3. The number of nitrogens with one attached hydrogen (secondary N) is 1. The molecule has 1 aromatic heterocycles. The average molecular weight is 268 g/mol. The smallest absolute Gasteiger partial charge is 0.0981 e. The van der Waals surface area contributed by atoms with Gasteiger partial charge in [0.15, 0.2) is 0 Å². The summed E-state index contributed by atoms with van der Waals surface area (Å²) in [5, 5.41) is 4.77. The van der Waals surface area contributed by atoms with Crippen molar-refractivity contribution in [2.24, 2.45) is 11.3 Å². The van der Waals surface area contributed by atoms with Gasteiger partial charge in [-0.3, -0.25) is 0 Å². The van der Waals surface area contributed by atoms with Gasteiger partial charge in [-0.15, -0.1) is 11.3 Å². The zero-order chi connectivity index (χ0) is 14.0. The second-order valence-electron chi connectivity index (χ2n) is 7.28. The maximum Gasteiger partial charge on any atom is 0.0981 e. The second kappa shape index (κ2) is 5.70. The molecule has 0 aromatic carbocycles. The van der Waals surface area contributed by atoms with Gasteiger partial charge in [0, 0.05) is 23.0 Å². The van der Waals surface area contributed by atoms with Crippen molar-refractivity contribution in [1.82, 2.24) is 10.3 Å². The molecular formula is C15H28N2S. The van der Waals surface area contributed by atoms with E-state index in [9.17, 15) is 0 Å². The quantitative estimate of drug-likeness (QED) is 0.884. The normalized spacial score (nSPS) is 14.8. The van der Waals surface area contributed by atoms with Gasteiger partial charge in [-0.2, -0.15) is 0 Å². The minimum absolute atomic E-state index is 0.168. The predicted molar refractivity (Wildman–Crippen MR) is 81.1 cm³/mol. The fourth-order valence-electron chi connectivity index (χ4n) is 1.45. The molecule has 2 nitrogen and oxygen atoms in total. The van der Waals surface area contributed by atoms with E-state index < -0.39 is 0 Å². The zero-order valence-corrected chi connectivity index (χ0v) is 13.7. The molecule has 0 radical (unpaired) electrons. The fraction of sp³-hybridized carbons (Fsp3) is 0.800. The molecule has 0 aliphatic rings. The first kappa shape index (κ1) is 15.6. The van der Waals surface area contributed by atoms with Gasteiger partial charge in [0.2, 0.25) is 0 Å². The van der Waals surface area contributed by atoms with Gasteiger partial charge >= 0.3 is 0 Å². The molecule has 1 N–H and O–H groups in total. The lowest BCUT2D eigenvalue weighted by atomic mass is 9.82. The topological polar surface area (TPSA) is 24.9 Å². The summed E-state index contributed by atoms with van der Waals surface area (Å²) in [6, 6.07) is 0. The lowest BCUT2D eigenvalue weighted by Crippen LogP contribution is -2.29. The molecular weight excluding hydrogens is 240 g/mol. The first-order valence-corrected chi connectivity index (χ1v) is 7.58. The highest BCUT2D eigenvalue weighted by atomic mass is 32.1. The number of thiazole rings is 1. The zero-order valence-electron chi connectivity index (χ0n) is 12.9. The van der Waals surface area contributed by atoms with E-state index in [1.807, 2.05) is 17.5 Å². The summed E-state index contributed by atoms with van der Waals surface area (Å²) < 4.78 is 0. The summed E-state index contributed by atoms with van der Waals surface area (Å²) in [6.45, 7) is 17.8. The lowest BCUT2D eigenvalue weighted by molar-refractivity contribution is 0.253. The Balaban J connectivity index is 2.43. The van der Waals surface area contributed by atoms with Crippen LogP contribution in [-0.4, -0.2) is 11.5 Å². The Morgan fingerprint density at radius 3 is 2.28 bits per heavy atom. The molecule has 18 heavy (non-hydrogen) atoms. The van der Waals surface area contributed by atoms with E-state index in [0.29, 0.717) is 11.3 Å². The van der Waals surface area contributed by atoms with Crippen LogP contribution in [0.1, 0.15) is 58.4 Å². The molecule has 0 aliphatic heterocycles. The van der Waals surface area contributed by atoms with Crippen molar-refractivity contribution < 1.29 is 0 Å². The van der Waals surface area contributed by atoms with Crippen LogP contribution in [0.5, 0.6) is 0 Å². The number of aromatic nitrogens is 1. The van der Waals surface area contributed by atoms with Crippen LogP contribution in [0.2, 0.25) is 0 Å². The monoisotopic (exact) mass is 268 g/mol. The second-order valence-corrected chi connectivity index (χ2v) is 8.39. The number of hydrogen-bond donors (Lipinski definition) is 1. The molecule has 0 fully saturated rings. The van der Waals surface area contributed by atoms with E-state index in [1.54, 1.807) is 0 Å². The Morgan fingerprint density at radius 1 is 1.22 bits per heavy atom. The Hall–Kier alpha value is -0.410. The van der Waals surface area contributed by atoms with Crippen LogP contribution in [0.15, 0.2) is 6.20 Å². The third-order valence-corrected chi connectivity index (χ3v) is 4.85. The highest BCUT2D eigenvalue weighted by Crippen LogP contribution is 2.27. The molecule has 3 heteroatoms. The summed E-state index contributed by atoms with van der Waals surface area (Å²) in [6.07, 6.45) is 2.01. The van der Waals surface area contributed by atoms with Gasteiger partial charge < -0.3 is 5.32 Å². The van der Waals surface area contributed by atoms with E-state index in [0.717, 1.165) is 13.1 Å². The highest BCUT2D eigenvalue weighted by Gasteiger charge is 2.20. The minimum Gasteiger partial charge on any atom is -0.312 e. The van der Waals surface area contributed by atoms with Gasteiger partial charge in [0.25, 0.3) is 0 Å². The Kier molecular flexibility index (Phi) is 4.96. The van der Waals surface area contributed by atoms with Crippen molar-refractivity contribution >= 4 is 11.3 Å². The van der Waals surface area contributed by atoms with Gasteiger partial charge in [-0.05, 0) is 17.9 Å². The maximum absolute atomic E-state index is 4.51. The molecule has 1 rings (SSSR count). The van der Waals surface area contributed by atoms with E-state index in [-0.39, 0.29) is 5.41 Å². The average Bonchev–Trinajstić information content (AvgIpc) is 2.64. The highest BCUT2D eigenvalue weighted by molar-refractivity contribution is 7.11. The summed E-state index contributed by atoms with van der Waals surface area (Å²) in [4.78, 5) is 5.85. The lowest BCUT2D eigenvalue weighted by Gasteiger charge is -2.27. The molecule has 104 valence electrons. The predicted octanol–water partition coefficient (Wildman–Crippen LogP) is 4.21. The molecule has 0 bridgehead atoms. The van der Waals surface area contributed by atoms with E-state index in [2.05, 4.69) is 58.8 Å². The molecule has 0 saturated heterocycles. The van der Waals surface area contributed by atoms with Crippen LogP contribution in [0.3, 0.4) is 0 Å².